The number of hydrogen-bond acceptors (Lipinski definition) is 3. The van der Waals surface area contributed by atoms with Gasteiger partial charge in [-0.3, -0.25) is 9.64 Å². The van der Waals surface area contributed by atoms with Crippen LogP contribution >= 0.6 is 11.6 Å². The third-order valence-corrected chi connectivity index (χ3v) is 4.74. The van der Waals surface area contributed by atoms with Crippen molar-refractivity contribution in [2.75, 3.05) is 13.1 Å². The minimum absolute atomic E-state index is 0.00802. The maximum Gasteiger partial charge on any atom is 0.523 e. The second kappa shape index (κ2) is 8.98. The molecule has 2 amide bonds. The SMILES string of the molecule is O=C(NC1=CCC(OC(F)(F)F)C=C1)NC1CCN(Cc2cccc(Cl)c2)C1. The van der Waals surface area contributed by atoms with E-state index in [0.29, 0.717) is 10.7 Å². The Labute approximate surface area is 166 Å². The van der Waals surface area contributed by atoms with E-state index in [2.05, 4.69) is 20.3 Å². The predicted octanol–water partition coefficient (Wildman–Crippen LogP) is 3.96. The molecule has 152 valence electrons. The number of carbonyl (C=O) groups excluding carboxylic acids is 1. The topological polar surface area (TPSA) is 53.6 Å². The molecule has 2 unspecified atom stereocenters. The Bertz CT molecular complexity index is 767. The van der Waals surface area contributed by atoms with Gasteiger partial charge in [-0.05, 0) is 36.6 Å². The van der Waals surface area contributed by atoms with Gasteiger partial charge in [-0.2, -0.15) is 0 Å². The molecule has 1 aromatic carbocycles. The summed E-state index contributed by atoms with van der Waals surface area (Å²) < 4.78 is 40.5. The molecule has 0 aromatic heterocycles. The number of likely N-dealkylation sites (tertiary alicyclic amines) is 1. The molecule has 1 heterocycles. The van der Waals surface area contributed by atoms with Crippen molar-refractivity contribution >= 4 is 17.6 Å². The van der Waals surface area contributed by atoms with E-state index < -0.39 is 12.5 Å². The molecule has 1 aromatic rings. The van der Waals surface area contributed by atoms with Crippen molar-refractivity contribution in [3.63, 3.8) is 0 Å². The molecule has 2 aliphatic rings. The highest BCUT2D eigenvalue weighted by atomic mass is 35.5. The predicted molar refractivity (Wildman–Crippen MR) is 99.6 cm³/mol. The van der Waals surface area contributed by atoms with E-state index in [1.54, 1.807) is 0 Å². The molecule has 1 fully saturated rings. The van der Waals surface area contributed by atoms with Crippen LogP contribution in [0.2, 0.25) is 5.02 Å². The summed E-state index contributed by atoms with van der Waals surface area (Å²) >= 11 is 6.00. The Morgan fingerprint density at radius 1 is 1.36 bits per heavy atom. The average molecular weight is 416 g/mol. The van der Waals surface area contributed by atoms with Gasteiger partial charge in [0.25, 0.3) is 0 Å². The number of urea groups is 1. The van der Waals surface area contributed by atoms with E-state index in [1.807, 2.05) is 24.3 Å². The lowest BCUT2D eigenvalue weighted by Gasteiger charge is -2.20. The summed E-state index contributed by atoms with van der Waals surface area (Å²) in [4.78, 5) is 14.4. The average Bonchev–Trinajstić information content (AvgIpc) is 3.02. The molecule has 0 spiro atoms. The third-order valence-electron chi connectivity index (χ3n) is 4.51. The number of hydrogen-bond donors (Lipinski definition) is 2. The quantitative estimate of drug-likeness (QED) is 0.765. The number of alkyl halides is 3. The van der Waals surface area contributed by atoms with Crippen LogP contribution in [0.4, 0.5) is 18.0 Å². The van der Waals surface area contributed by atoms with Crippen molar-refractivity contribution in [2.45, 2.75) is 37.9 Å². The molecule has 3 rings (SSSR count). The number of carbonyl (C=O) groups is 1. The monoisotopic (exact) mass is 415 g/mol. The molecule has 0 bridgehead atoms. The molecular formula is C19H21ClF3N3O2. The molecule has 1 aliphatic carbocycles. The molecule has 2 atom stereocenters. The van der Waals surface area contributed by atoms with Gasteiger partial charge in [0.05, 0.1) is 6.10 Å². The highest BCUT2D eigenvalue weighted by Crippen LogP contribution is 2.23. The number of allylic oxidation sites excluding steroid dienone is 1. The Hall–Kier alpha value is -2.03. The van der Waals surface area contributed by atoms with Gasteiger partial charge in [0.15, 0.2) is 0 Å². The molecule has 28 heavy (non-hydrogen) atoms. The van der Waals surface area contributed by atoms with E-state index in [9.17, 15) is 18.0 Å². The molecule has 2 N–H and O–H groups in total. The Morgan fingerprint density at radius 2 is 2.18 bits per heavy atom. The number of nitrogens with one attached hydrogen (secondary N) is 2. The second-order valence-electron chi connectivity index (χ2n) is 6.81. The maximum absolute atomic E-state index is 12.2. The first-order chi connectivity index (χ1) is 13.3. The van der Waals surface area contributed by atoms with Gasteiger partial charge in [0, 0.05) is 36.4 Å². The van der Waals surface area contributed by atoms with Gasteiger partial charge in [-0.25, -0.2) is 4.79 Å². The normalized spacial score (nSPS) is 22.8. The van der Waals surface area contributed by atoms with E-state index >= 15 is 0 Å². The Balaban J connectivity index is 1.41. The van der Waals surface area contributed by atoms with Gasteiger partial charge >= 0.3 is 12.4 Å². The molecule has 1 aliphatic heterocycles. The fraction of sp³-hybridized carbons (Fsp3) is 0.421. The van der Waals surface area contributed by atoms with Crippen LogP contribution in [0.3, 0.4) is 0 Å². The Kier molecular flexibility index (Phi) is 6.64. The molecule has 9 heteroatoms. The summed E-state index contributed by atoms with van der Waals surface area (Å²) in [5.41, 5.74) is 1.57. The zero-order chi connectivity index (χ0) is 20.1. The van der Waals surface area contributed by atoms with Crippen molar-refractivity contribution in [1.29, 1.82) is 0 Å². The molecule has 0 radical (unpaired) electrons. The van der Waals surface area contributed by atoms with Crippen molar-refractivity contribution in [3.8, 4) is 0 Å². The number of benzene rings is 1. The van der Waals surface area contributed by atoms with Crippen LogP contribution in [0.1, 0.15) is 18.4 Å². The largest absolute Gasteiger partial charge is 0.523 e. The molecule has 1 saturated heterocycles. The van der Waals surface area contributed by atoms with Crippen molar-refractivity contribution in [3.05, 3.63) is 58.8 Å². The van der Waals surface area contributed by atoms with Gasteiger partial charge in [0.2, 0.25) is 0 Å². The maximum atomic E-state index is 12.2. The summed E-state index contributed by atoms with van der Waals surface area (Å²) in [6.45, 7) is 2.34. The number of halogens is 4. The number of rotatable bonds is 5. The van der Waals surface area contributed by atoms with Gasteiger partial charge in [-0.1, -0.05) is 35.9 Å². The number of nitrogens with zero attached hydrogens (tertiary/aromatic N) is 1. The van der Waals surface area contributed by atoms with Gasteiger partial charge < -0.3 is 10.6 Å². The Morgan fingerprint density at radius 3 is 2.86 bits per heavy atom. The van der Waals surface area contributed by atoms with Crippen LogP contribution in [-0.2, 0) is 11.3 Å². The zero-order valence-corrected chi connectivity index (χ0v) is 15.8. The van der Waals surface area contributed by atoms with Crippen molar-refractivity contribution in [1.82, 2.24) is 15.5 Å². The van der Waals surface area contributed by atoms with Crippen molar-refractivity contribution < 1.29 is 22.7 Å². The van der Waals surface area contributed by atoms with Crippen LogP contribution < -0.4 is 10.6 Å². The summed E-state index contributed by atoms with van der Waals surface area (Å²) in [5, 5.41) is 6.25. The second-order valence-corrected chi connectivity index (χ2v) is 7.24. The van der Waals surface area contributed by atoms with E-state index in [1.165, 1.54) is 18.2 Å². The molecule has 5 nitrogen and oxygen atoms in total. The van der Waals surface area contributed by atoms with Crippen LogP contribution in [0.5, 0.6) is 0 Å². The van der Waals surface area contributed by atoms with Gasteiger partial charge in [0.1, 0.15) is 0 Å². The van der Waals surface area contributed by atoms with E-state index in [4.69, 9.17) is 11.6 Å². The highest BCUT2D eigenvalue weighted by molar-refractivity contribution is 6.30. The van der Waals surface area contributed by atoms with Crippen LogP contribution in [0.25, 0.3) is 0 Å². The molecule has 0 saturated carbocycles. The zero-order valence-electron chi connectivity index (χ0n) is 15.0. The van der Waals surface area contributed by atoms with Crippen LogP contribution in [-0.4, -0.2) is 42.5 Å². The first-order valence-electron chi connectivity index (χ1n) is 8.94. The number of amides is 2. The van der Waals surface area contributed by atoms with E-state index in [-0.39, 0.29) is 18.5 Å². The minimum atomic E-state index is -4.68. The summed E-state index contributed by atoms with van der Waals surface area (Å²) in [7, 11) is 0. The standard InChI is InChI=1S/C19H21ClF3N3O2/c20-14-3-1-2-13(10-14)11-26-9-8-16(12-26)25-18(27)24-15-4-6-17(7-5-15)28-19(21,22)23/h1-6,10,16-17H,7-9,11-12H2,(H2,24,25,27). The van der Waals surface area contributed by atoms with Crippen molar-refractivity contribution in [2.24, 2.45) is 0 Å². The third kappa shape index (κ3) is 6.54. The molecular weight excluding hydrogens is 395 g/mol. The summed E-state index contributed by atoms with van der Waals surface area (Å²) in [6.07, 6.45) is -0.665. The van der Waals surface area contributed by atoms with Gasteiger partial charge in [-0.15, -0.1) is 13.2 Å². The fourth-order valence-electron chi connectivity index (χ4n) is 3.29. The number of ether oxygens (including phenoxy) is 1. The first kappa shape index (κ1) is 20.7. The highest BCUT2D eigenvalue weighted by Gasteiger charge is 2.33. The van der Waals surface area contributed by atoms with E-state index in [0.717, 1.165) is 31.6 Å². The lowest BCUT2D eigenvalue weighted by atomic mass is 10.1. The smallest absolute Gasteiger partial charge is 0.334 e. The fourth-order valence-corrected chi connectivity index (χ4v) is 3.51. The lowest BCUT2D eigenvalue weighted by Crippen LogP contribution is -2.43. The van der Waals surface area contributed by atoms with Crippen LogP contribution in [0.15, 0.2) is 48.2 Å². The summed E-state index contributed by atoms with van der Waals surface area (Å²) in [6, 6.07) is 7.31. The first-order valence-corrected chi connectivity index (χ1v) is 9.32. The minimum Gasteiger partial charge on any atom is -0.334 e. The van der Waals surface area contributed by atoms with Crippen LogP contribution in [0, 0.1) is 0 Å². The lowest BCUT2D eigenvalue weighted by molar-refractivity contribution is -0.336. The summed E-state index contributed by atoms with van der Waals surface area (Å²) in [5.74, 6) is 0.